The number of carbonyl (C=O) groups excluding carboxylic acids is 1. The highest BCUT2D eigenvalue weighted by atomic mass is 35.5. The highest BCUT2D eigenvalue weighted by molar-refractivity contribution is 5.92. The largest absolute Gasteiger partial charge is 0.350 e. The number of rotatable bonds is 4. The predicted molar refractivity (Wildman–Crippen MR) is 84.5 cm³/mol. The number of pyridine rings is 1. The van der Waals surface area contributed by atoms with E-state index in [0.717, 1.165) is 18.8 Å². The van der Waals surface area contributed by atoms with Crippen LogP contribution in [0.3, 0.4) is 0 Å². The summed E-state index contributed by atoms with van der Waals surface area (Å²) in [5.74, 6) is 0.402. The number of aromatic nitrogens is 3. The molecule has 1 fully saturated rings. The Hall–Kier alpha value is -1.63. The number of nitrogens with zero attached hydrogens (tertiary/aromatic N) is 3. The lowest BCUT2D eigenvalue weighted by Gasteiger charge is -2.26. The molecule has 2 aromatic heterocycles. The van der Waals surface area contributed by atoms with Crippen LogP contribution >= 0.6 is 24.8 Å². The van der Waals surface area contributed by atoms with Gasteiger partial charge in [0.05, 0.1) is 5.69 Å². The quantitative estimate of drug-likeness (QED) is 0.879. The van der Waals surface area contributed by atoms with Crippen LogP contribution in [-0.2, 0) is 0 Å². The third-order valence-corrected chi connectivity index (χ3v) is 3.16. The van der Waals surface area contributed by atoms with Gasteiger partial charge >= 0.3 is 0 Å². The summed E-state index contributed by atoms with van der Waals surface area (Å²) in [4.78, 5) is 16.1. The Morgan fingerprint density at radius 2 is 2.19 bits per heavy atom. The van der Waals surface area contributed by atoms with Gasteiger partial charge in [-0.2, -0.15) is 5.10 Å². The first kappa shape index (κ1) is 17.4. The first-order chi connectivity index (χ1) is 9.33. The van der Waals surface area contributed by atoms with Gasteiger partial charge in [-0.15, -0.1) is 24.8 Å². The molecule has 21 heavy (non-hydrogen) atoms. The summed E-state index contributed by atoms with van der Waals surface area (Å²) >= 11 is 0. The molecule has 0 unspecified atom stereocenters. The molecular weight excluding hydrogens is 313 g/mol. The number of hydrogen-bond donors (Lipinski definition) is 2. The number of amides is 1. The first-order valence-corrected chi connectivity index (χ1v) is 6.28. The zero-order valence-corrected chi connectivity index (χ0v) is 12.9. The summed E-state index contributed by atoms with van der Waals surface area (Å²) in [7, 11) is 0. The lowest BCUT2D eigenvalue weighted by Crippen LogP contribution is -2.48. The molecule has 0 spiro atoms. The van der Waals surface area contributed by atoms with Crippen LogP contribution in [-0.4, -0.2) is 40.3 Å². The van der Waals surface area contributed by atoms with Crippen LogP contribution in [0, 0.1) is 5.92 Å². The Bertz CT molecular complexity index is 572. The fourth-order valence-electron chi connectivity index (χ4n) is 1.93. The molecule has 0 aromatic carbocycles. The highest BCUT2D eigenvalue weighted by Gasteiger charge is 2.18. The van der Waals surface area contributed by atoms with Gasteiger partial charge in [0.15, 0.2) is 0 Å². The fourth-order valence-corrected chi connectivity index (χ4v) is 1.93. The summed E-state index contributed by atoms with van der Waals surface area (Å²) < 4.78 is 1.70. The van der Waals surface area contributed by atoms with Crippen molar-refractivity contribution in [3.8, 4) is 5.69 Å². The second-order valence-corrected chi connectivity index (χ2v) is 4.58. The normalized spacial score (nSPS) is 13.5. The van der Waals surface area contributed by atoms with Gasteiger partial charge in [-0.1, -0.05) is 0 Å². The number of halogens is 2. The van der Waals surface area contributed by atoms with Gasteiger partial charge in [0.1, 0.15) is 5.69 Å². The topological polar surface area (TPSA) is 71.8 Å². The SMILES string of the molecule is Cl.Cl.O=C(NCC1CNC1)c1cc(-n2cccn2)ccn1. The second kappa shape index (κ2) is 7.97. The van der Waals surface area contributed by atoms with Gasteiger partial charge in [0, 0.05) is 44.1 Å². The monoisotopic (exact) mass is 329 g/mol. The van der Waals surface area contributed by atoms with Gasteiger partial charge in [0.2, 0.25) is 0 Å². The van der Waals surface area contributed by atoms with E-state index in [2.05, 4.69) is 20.7 Å². The lowest BCUT2D eigenvalue weighted by atomic mass is 10.0. The third kappa shape index (κ3) is 4.17. The Kier molecular flexibility index (Phi) is 6.61. The average Bonchev–Trinajstić information content (AvgIpc) is 2.91. The Balaban J connectivity index is 0.00000110. The van der Waals surface area contributed by atoms with E-state index >= 15 is 0 Å². The minimum Gasteiger partial charge on any atom is -0.350 e. The maximum Gasteiger partial charge on any atom is 0.269 e. The smallest absolute Gasteiger partial charge is 0.269 e. The molecule has 1 amide bonds. The first-order valence-electron chi connectivity index (χ1n) is 6.28. The molecule has 2 N–H and O–H groups in total. The third-order valence-electron chi connectivity index (χ3n) is 3.16. The van der Waals surface area contributed by atoms with E-state index in [1.165, 1.54) is 0 Å². The van der Waals surface area contributed by atoms with Crippen molar-refractivity contribution in [3.05, 3.63) is 42.5 Å². The van der Waals surface area contributed by atoms with Crippen LogP contribution in [0.1, 0.15) is 10.5 Å². The number of nitrogens with one attached hydrogen (secondary N) is 2. The second-order valence-electron chi connectivity index (χ2n) is 4.58. The predicted octanol–water partition coefficient (Wildman–Crippen LogP) is 1.06. The molecule has 114 valence electrons. The van der Waals surface area contributed by atoms with Gasteiger partial charge < -0.3 is 10.6 Å². The van der Waals surface area contributed by atoms with Gasteiger partial charge in [-0.3, -0.25) is 9.78 Å². The van der Waals surface area contributed by atoms with Gasteiger partial charge in [0.25, 0.3) is 5.91 Å². The summed E-state index contributed by atoms with van der Waals surface area (Å²) in [5, 5.41) is 10.2. The minimum absolute atomic E-state index is 0. The van der Waals surface area contributed by atoms with Crippen molar-refractivity contribution in [1.82, 2.24) is 25.4 Å². The molecule has 3 heterocycles. The number of carbonyl (C=O) groups is 1. The minimum atomic E-state index is -0.138. The van der Waals surface area contributed by atoms with Crippen LogP contribution in [0.4, 0.5) is 0 Å². The summed E-state index contributed by atoms with van der Waals surface area (Å²) in [6.45, 7) is 2.64. The van der Waals surface area contributed by atoms with E-state index in [4.69, 9.17) is 0 Å². The standard InChI is InChI=1S/C13H15N5O.2ClH/c19-13(16-9-10-7-14-8-10)12-6-11(2-4-15-12)18-5-1-3-17-18;;/h1-6,10,14H,7-9H2,(H,16,19);2*1H. The van der Waals surface area contributed by atoms with Gasteiger partial charge in [-0.25, -0.2) is 4.68 Å². The molecule has 1 saturated heterocycles. The Morgan fingerprint density at radius 1 is 1.38 bits per heavy atom. The molecule has 2 aromatic rings. The van der Waals surface area contributed by atoms with E-state index in [1.807, 2.05) is 18.3 Å². The molecular formula is C13H17Cl2N5O. The van der Waals surface area contributed by atoms with Crippen molar-refractivity contribution in [1.29, 1.82) is 0 Å². The van der Waals surface area contributed by atoms with Crippen molar-refractivity contribution in [2.24, 2.45) is 5.92 Å². The van der Waals surface area contributed by atoms with Crippen molar-refractivity contribution >= 4 is 30.7 Å². The summed E-state index contributed by atoms with van der Waals surface area (Å²) in [6, 6.07) is 5.39. The van der Waals surface area contributed by atoms with E-state index in [9.17, 15) is 4.79 Å². The van der Waals surface area contributed by atoms with Crippen LogP contribution < -0.4 is 10.6 Å². The Labute approximate surface area is 135 Å². The maximum atomic E-state index is 12.0. The fraction of sp³-hybridized carbons (Fsp3) is 0.308. The molecule has 6 nitrogen and oxygen atoms in total. The average molecular weight is 330 g/mol. The van der Waals surface area contributed by atoms with Crippen molar-refractivity contribution in [2.75, 3.05) is 19.6 Å². The van der Waals surface area contributed by atoms with E-state index in [-0.39, 0.29) is 30.7 Å². The maximum absolute atomic E-state index is 12.0. The molecule has 0 aliphatic carbocycles. The van der Waals surface area contributed by atoms with Crippen LogP contribution in [0.25, 0.3) is 5.69 Å². The van der Waals surface area contributed by atoms with E-state index in [0.29, 0.717) is 18.2 Å². The van der Waals surface area contributed by atoms with Crippen molar-refractivity contribution < 1.29 is 4.79 Å². The molecule has 0 saturated carbocycles. The van der Waals surface area contributed by atoms with Crippen molar-refractivity contribution in [3.63, 3.8) is 0 Å². The summed E-state index contributed by atoms with van der Waals surface area (Å²) in [6.07, 6.45) is 5.15. The van der Waals surface area contributed by atoms with E-state index < -0.39 is 0 Å². The van der Waals surface area contributed by atoms with Gasteiger partial charge in [-0.05, 0) is 18.2 Å². The molecule has 1 aliphatic rings. The van der Waals surface area contributed by atoms with E-state index in [1.54, 1.807) is 23.1 Å². The Morgan fingerprint density at radius 3 is 2.81 bits per heavy atom. The molecule has 0 atom stereocenters. The lowest BCUT2D eigenvalue weighted by molar-refractivity contribution is 0.0937. The van der Waals surface area contributed by atoms with Crippen LogP contribution in [0.15, 0.2) is 36.8 Å². The molecule has 0 bridgehead atoms. The molecule has 3 rings (SSSR count). The molecule has 0 radical (unpaired) electrons. The number of hydrogen-bond acceptors (Lipinski definition) is 4. The zero-order valence-electron chi connectivity index (χ0n) is 11.2. The molecule has 8 heteroatoms. The van der Waals surface area contributed by atoms with Crippen LogP contribution in [0.2, 0.25) is 0 Å². The highest BCUT2D eigenvalue weighted by Crippen LogP contribution is 2.07. The van der Waals surface area contributed by atoms with Crippen molar-refractivity contribution in [2.45, 2.75) is 0 Å². The molecule has 1 aliphatic heterocycles. The van der Waals surface area contributed by atoms with Crippen LogP contribution in [0.5, 0.6) is 0 Å². The zero-order chi connectivity index (χ0) is 13.1. The summed E-state index contributed by atoms with van der Waals surface area (Å²) in [5.41, 5.74) is 1.25.